The van der Waals surface area contributed by atoms with Gasteiger partial charge in [-0.2, -0.15) is 11.8 Å². The maximum absolute atomic E-state index is 12.6. The van der Waals surface area contributed by atoms with Gasteiger partial charge in [0, 0.05) is 36.3 Å². The Hall–Kier alpha value is -1.72. The Morgan fingerprint density at radius 1 is 1.29 bits per heavy atom. The van der Waals surface area contributed by atoms with E-state index in [1.54, 1.807) is 11.8 Å². The molecule has 0 fully saturated rings. The van der Waals surface area contributed by atoms with Gasteiger partial charge in [0.2, 0.25) is 0 Å². The molecule has 4 nitrogen and oxygen atoms in total. The summed E-state index contributed by atoms with van der Waals surface area (Å²) in [6.07, 6.45) is 2.58. The molecule has 2 rings (SSSR count). The van der Waals surface area contributed by atoms with E-state index >= 15 is 0 Å². The molecule has 0 aliphatic carbocycles. The van der Waals surface area contributed by atoms with Crippen LogP contribution in [-0.4, -0.2) is 40.2 Å². The van der Waals surface area contributed by atoms with Crippen LogP contribution in [0.3, 0.4) is 0 Å². The smallest absolute Gasteiger partial charge is 0.253 e. The van der Waals surface area contributed by atoms with Crippen LogP contribution in [0.25, 0.3) is 0 Å². The van der Waals surface area contributed by atoms with Crippen molar-refractivity contribution in [2.24, 2.45) is 0 Å². The lowest BCUT2D eigenvalue weighted by molar-refractivity contribution is 0.0934. The summed E-state index contributed by atoms with van der Waals surface area (Å²) in [5, 5.41) is 12.2. The first-order chi connectivity index (χ1) is 11.6. The Labute approximate surface area is 148 Å². The largest absolute Gasteiger partial charge is 0.396 e. The van der Waals surface area contributed by atoms with E-state index < -0.39 is 0 Å². The highest BCUT2D eigenvalue weighted by Gasteiger charge is 2.18. The number of amides is 1. The van der Waals surface area contributed by atoms with Gasteiger partial charge in [-0.25, -0.2) is 0 Å². The molecule has 0 saturated carbocycles. The van der Waals surface area contributed by atoms with E-state index in [1.807, 2.05) is 44.4 Å². The standard InChI is InChI=1S/C19H26N2O2S/c1-14-11-18(19(23)20-17(9-10-22)13-24-3)15(2)21(14)12-16-7-5-4-6-8-16/h4-8,11,17,22H,9-10,12-13H2,1-3H3,(H,20,23). The molecule has 0 aliphatic heterocycles. The molecule has 1 amide bonds. The number of hydrogen-bond donors (Lipinski definition) is 2. The molecule has 1 aromatic carbocycles. The van der Waals surface area contributed by atoms with Gasteiger partial charge < -0.3 is 15.0 Å². The lowest BCUT2D eigenvalue weighted by atomic mass is 10.2. The molecular formula is C19H26N2O2S. The molecule has 0 bridgehead atoms. The van der Waals surface area contributed by atoms with Crippen molar-refractivity contribution in [3.63, 3.8) is 0 Å². The molecule has 0 saturated heterocycles. The minimum Gasteiger partial charge on any atom is -0.396 e. The number of aryl methyl sites for hydroxylation is 1. The molecule has 1 atom stereocenters. The SMILES string of the molecule is CSCC(CCO)NC(=O)c1cc(C)n(Cc2ccccc2)c1C. The molecule has 2 aromatic rings. The van der Waals surface area contributed by atoms with Crippen molar-refractivity contribution in [1.29, 1.82) is 0 Å². The molecule has 24 heavy (non-hydrogen) atoms. The summed E-state index contributed by atoms with van der Waals surface area (Å²) in [6, 6.07) is 12.2. The van der Waals surface area contributed by atoms with Gasteiger partial charge in [-0.3, -0.25) is 4.79 Å². The second-order valence-corrected chi connectivity index (χ2v) is 6.91. The molecule has 130 valence electrons. The van der Waals surface area contributed by atoms with E-state index in [1.165, 1.54) is 5.56 Å². The average molecular weight is 346 g/mol. The summed E-state index contributed by atoms with van der Waals surface area (Å²) in [5.41, 5.74) is 3.98. The van der Waals surface area contributed by atoms with Crippen molar-refractivity contribution < 1.29 is 9.90 Å². The van der Waals surface area contributed by atoms with Crippen LogP contribution in [0.2, 0.25) is 0 Å². The minimum atomic E-state index is -0.0603. The Balaban J connectivity index is 2.16. The van der Waals surface area contributed by atoms with Gasteiger partial charge in [-0.1, -0.05) is 30.3 Å². The van der Waals surface area contributed by atoms with Gasteiger partial charge in [0.25, 0.3) is 5.91 Å². The summed E-state index contributed by atoms with van der Waals surface area (Å²) >= 11 is 1.67. The number of nitrogens with zero attached hydrogens (tertiary/aromatic N) is 1. The van der Waals surface area contributed by atoms with Crippen LogP contribution in [-0.2, 0) is 6.54 Å². The first kappa shape index (κ1) is 18.6. The highest BCUT2D eigenvalue weighted by molar-refractivity contribution is 7.98. The summed E-state index contributed by atoms with van der Waals surface area (Å²) < 4.78 is 2.17. The predicted molar refractivity (Wildman–Crippen MR) is 101 cm³/mol. The number of hydrogen-bond acceptors (Lipinski definition) is 3. The van der Waals surface area contributed by atoms with Crippen molar-refractivity contribution >= 4 is 17.7 Å². The number of benzene rings is 1. The third-order valence-electron chi connectivity index (χ3n) is 4.18. The van der Waals surface area contributed by atoms with E-state index in [4.69, 9.17) is 5.11 Å². The quantitative estimate of drug-likeness (QED) is 0.772. The van der Waals surface area contributed by atoms with Gasteiger partial charge in [0.1, 0.15) is 0 Å². The summed E-state index contributed by atoms with van der Waals surface area (Å²) in [7, 11) is 0. The molecule has 2 N–H and O–H groups in total. The second kappa shape index (κ2) is 8.94. The topological polar surface area (TPSA) is 54.3 Å². The van der Waals surface area contributed by atoms with Crippen molar-refractivity contribution in [1.82, 2.24) is 9.88 Å². The molecular weight excluding hydrogens is 320 g/mol. The lowest BCUT2D eigenvalue weighted by Gasteiger charge is -2.17. The van der Waals surface area contributed by atoms with E-state index in [-0.39, 0.29) is 18.6 Å². The fourth-order valence-electron chi connectivity index (χ4n) is 2.86. The number of rotatable bonds is 8. The summed E-state index contributed by atoms with van der Waals surface area (Å²) in [4.78, 5) is 12.6. The number of carbonyl (C=O) groups excluding carboxylic acids is 1. The zero-order valence-corrected chi connectivity index (χ0v) is 15.4. The fourth-order valence-corrected chi connectivity index (χ4v) is 3.51. The molecule has 5 heteroatoms. The van der Waals surface area contributed by atoms with Crippen LogP contribution in [0.5, 0.6) is 0 Å². The Morgan fingerprint density at radius 3 is 2.62 bits per heavy atom. The number of nitrogens with one attached hydrogen (secondary N) is 1. The highest BCUT2D eigenvalue weighted by Crippen LogP contribution is 2.17. The fraction of sp³-hybridized carbons (Fsp3) is 0.421. The maximum Gasteiger partial charge on any atom is 0.253 e. The number of aliphatic hydroxyl groups excluding tert-OH is 1. The monoisotopic (exact) mass is 346 g/mol. The number of aromatic nitrogens is 1. The van der Waals surface area contributed by atoms with Crippen molar-refractivity contribution in [2.75, 3.05) is 18.6 Å². The van der Waals surface area contributed by atoms with E-state index in [2.05, 4.69) is 22.0 Å². The van der Waals surface area contributed by atoms with Gasteiger partial charge in [0.05, 0.1) is 5.56 Å². The van der Waals surface area contributed by atoms with Crippen LogP contribution < -0.4 is 5.32 Å². The third kappa shape index (κ3) is 4.65. The van der Waals surface area contributed by atoms with Crippen molar-refractivity contribution in [2.45, 2.75) is 32.9 Å². The molecule has 1 aromatic heterocycles. The van der Waals surface area contributed by atoms with Gasteiger partial charge in [0.15, 0.2) is 0 Å². The normalized spacial score (nSPS) is 12.2. The van der Waals surface area contributed by atoms with Crippen molar-refractivity contribution in [3.05, 3.63) is 58.9 Å². The Bertz CT molecular complexity index is 662. The van der Waals surface area contributed by atoms with Crippen LogP contribution >= 0.6 is 11.8 Å². The summed E-state index contributed by atoms with van der Waals surface area (Å²) in [5.74, 6) is 0.740. The van der Waals surface area contributed by atoms with Crippen LogP contribution in [0, 0.1) is 13.8 Å². The Kier molecular flexibility index (Phi) is 6.94. The predicted octanol–water partition coefficient (Wildman–Crippen LogP) is 3.00. The second-order valence-electron chi connectivity index (χ2n) is 5.99. The van der Waals surface area contributed by atoms with E-state index in [0.29, 0.717) is 12.0 Å². The maximum atomic E-state index is 12.6. The molecule has 1 unspecified atom stereocenters. The van der Waals surface area contributed by atoms with Crippen LogP contribution in [0.15, 0.2) is 36.4 Å². The molecule has 0 spiro atoms. The zero-order valence-electron chi connectivity index (χ0n) is 14.6. The first-order valence-electron chi connectivity index (χ1n) is 8.18. The van der Waals surface area contributed by atoms with Crippen molar-refractivity contribution in [3.8, 4) is 0 Å². The Morgan fingerprint density at radius 2 is 2.00 bits per heavy atom. The zero-order chi connectivity index (χ0) is 17.5. The molecule has 0 radical (unpaired) electrons. The van der Waals surface area contributed by atoms with E-state index in [0.717, 1.165) is 23.7 Å². The number of thioether (sulfide) groups is 1. The highest BCUT2D eigenvalue weighted by atomic mass is 32.2. The number of carbonyl (C=O) groups is 1. The summed E-state index contributed by atoms with van der Waals surface area (Å²) in [6.45, 7) is 4.86. The minimum absolute atomic E-state index is 0.00493. The number of aliphatic hydroxyl groups is 1. The van der Waals surface area contributed by atoms with E-state index in [9.17, 15) is 4.79 Å². The van der Waals surface area contributed by atoms with Crippen LogP contribution in [0.4, 0.5) is 0 Å². The third-order valence-corrected chi connectivity index (χ3v) is 4.92. The molecule has 1 heterocycles. The van der Waals surface area contributed by atoms with Gasteiger partial charge >= 0.3 is 0 Å². The lowest BCUT2D eigenvalue weighted by Crippen LogP contribution is -2.37. The average Bonchev–Trinajstić information content (AvgIpc) is 2.84. The van der Waals surface area contributed by atoms with Gasteiger partial charge in [-0.05, 0) is 38.2 Å². The first-order valence-corrected chi connectivity index (χ1v) is 9.57. The molecule has 0 aliphatic rings. The van der Waals surface area contributed by atoms with Gasteiger partial charge in [-0.15, -0.1) is 0 Å². The van der Waals surface area contributed by atoms with Crippen LogP contribution in [0.1, 0.15) is 33.7 Å².